The fourth-order valence-corrected chi connectivity index (χ4v) is 2.23. The molecule has 0 bridgehead atoms. The van der Waals surface area contributed by atoms with E-state index in [4.69, 9.17) is 12.2 Å². The van der Waals surface area contributed by atoms with Crippen LogP contribution < -0.4 is 5.73 Å². The molecule has 0 unspecified atom stereocenters. The normalized spacial score (nSPS) is 11.4. The summed E-state index contributed by atoms with van der Waals surface area (Å²) in [5.41, 5.74) is 5.49. The van der Waals surface area contributed by atoms with Crippen molar-refractivity contribution < 1.29 is 12.8 Å². The van der Waals surface area contributed by atoms with E-state index in [1.54, 1.807) is 0 Å². The first-order valence-electron chi connectivity index (χ1n) is 4.34. The van der Waals surface area contributed by atoms with E-state index in [-0.39, 0.29) is 12.2 Å². The van der Waals surface area contributed by atoms with Gasteiger partial charge in [-0.1, -0.05) is 5.92 Å². The molecular weight excluding hydrogens is 231 g/mol. The summed E-state index contributed by atoms with van der Waals surface area (Å²) in [6, 6.07) is 3.39. The van der Waals surface area contributed by atoms with E-state index in [1.165, 1.54) is 13.1 Å². The van der Waals surface area contributed by atoms with Crippen LogP contribution in [0.3, 0.4) is 0 Å². The molecule has 0 aliphatic rings. The molecule has 1 aromatic rings. The van der Waals surface area contributed by atoms with Gasteiger partial charge in [-0.2, -0.15) is 4.31 Å². The van der Waals surface area contributed by atoms with E-state index < -0.39 is 20.7 Å². The van der Waals surface area contributed by atoms with E-state index >= 15 is 0 Å². The number of sulfonamides is 1. The van der Waals surface area contributed by atoms with Crippen LogP contribution in [-0.2, 0) is 10.0 Å². The number of terminal acetylenes is 1. The van der Waals surface area contributed by atoms with E-state index in [1.807, 2.05) is 0 Å². The van der Waals surface area contributed by atoms with Crippen molar-refractivity contribution in [3.63, 3.8) is 0 Å². The number of halogens is 1. The Morgan fingerprint density at radius 2 is 2.19 bits per heavy atom. The Kier molecular flexibility index (Phi) is 3.52. The fourth-order valence-electron chi connectivity index (χ4n) is 1.11. The van der Waals surface area contributed by atoms with Crippen LogP contribution in [0.1, 0.15) is 0 Å². The van der Waals surface area contributed by atoms with Gasteiger partial charge < -0.3 is 5.73 Å². The lowest BCUT2D eigenvalue weighted by molar-refractivity contribution is 0.492. The number of hydrogen-bond donors (Lipinski definition) is 1. The van der Waals surface area contributed by atoms with Gasteiger partial charge in [0.1, 0.15) is 10.7 Å². The first-order chi connectivity index (χ1) is 7.39. The van der Waals surface area contributed by atoms with Crippen LogP contribution in [0.25, 0.3) is 0 Å². The highest BCUT2D eigenvalue weighted by atomic mass is 32.2. The van der Waals surface area contributed by atoms with Crippen LogP contribution in [0.15, 0.2) is 23.1 Å². The third kappa shape index (κ3) is 2.32. The maximum absolute atomic E-state index is 13.4. The van der Waals surface area contributed by atoms with E-state index in [9.17, 15) is 12.8 Å². The Labute approximate surface area is 93.9 Å². The van der Waals surface area contributed by atoms with Crippen LogP contribution in [0.2, 0.25) is 0 Å². The van der Waals surface area contributed by atoms with Crippen molar-refractivity contribution in [1.82, 2.24) is 4.31 Å². The largest absolute Gasteiger partial charge is 0.399 e. The third-order valence-electron chi connectivity index (χ3n) is 1.96. The number of rotatable bonds is 3. The number of hydrogen-bond acceptors (Lipinski definition) is 3. The zero-order chi connectivity index (χ0) is 12.3. The lowest BCUT2D eigenvalue weighted by Crippen LogP contribution is -2.28. The molecule has 0 fully saturated rings. The highest BCUT2D eigenvalue weighted by molar-refractivity contribution is 7.89. The molecule has 6 heteroatoms. The highest BCUT2D eigenvalue weighted by Crippen LogP contribution is 2.19. The molecule has 0 amide bonds. The summed E-state index contributed by atoms with van der Waals surface area (Å²) in [4.78, 5) is -0.431. The summed E-state index contributed by atoms with van der Waals surface area (Å²) < 4.78 is 37.9. The Balaban J connectivity index is 3.23. The quantitative estimate of drug-likeness (QED) is 0.625. The lowest BCUT2D eigenvalue weighted by atomic mass is 10.3. The average Bonchev–Trinajstić information content (AvgIpc) is 2.17. The second-order valence-corrected chi connectivity index (χ2v) is 5.17. The van der Waals surface area contributed by atoms with Gasteiger partial charge in [-0.05, 0) is 18.2 Å². The Bertz CT molecular complexity index is 534. The van der Waals surface area contributed by atoms with Crippen molar-refractivity contribution in [3.05, 3.63) is 24.0 Å². The molecule has 0 aliphatic heterocycles. The zero-order valence-electron chi connectivity index (χ0n) is 8.64. The summed E-state index contributed by atoms with van der Waals surface area (Å²) >= 11 is 0. The zero-order valence-corrected chi connectivity index (χ0v) is 9.46. The van der Waals surface area contributed by atoms with Crippen molar-refractivity contribution in [3.8, 4) is 12.3 Å². The summed E-state index contributed by atoms with van der Waals surface area (Å²) in [6.07, 6.45) is 5.00. The Morgan fingerprint density at radius 1 is 1.56 bits per heavy atom. The van der Waals surface area contributed by atoms with Gasteiger partial charge in [0, 0.05) is 12.7 Å². The first kappa shape index (κ1) is 12.5. The van der Waals surface area contributed by atoms with Crippen LogP contribution in [-0.4, -0.2) is 26.3 Å². The van der Waals surface area contributed by atoms with Gasteiger partial charge in [-0.15, -0.1) is 6.42 Å². The van der Waals surface area contributed by atoms with Gasteiger partial charge in [-0.3, -0.25) is 0 Å². The third-order valence-corrected chi connectivity index (χ3v) is 3.79. The molecule has 86 valence electrons. The van der Waals surface area contributed by atoms with Crippen LogP contribution in [0.5, 0.6) is 0 Å². The van der Waals surface area contributed by atoms with Gasteiger partial charge in [-0.25, -0.2) is 12.8 Å². The standard InChI is InChI=1S/C10H11FN2O2S/c1-3-6-13(2)16(14,15)10-5-4-8(12)7-9(10)11/h1,4-5,7H,6,12H2,2H3. The first-order valence-corrected chi connectivity index (χ1v) is 5.78. The minimum Gasteiger partial charge on any atom is -0.399 e. The van der Waals surface area contributed by atoms with Gasteiger partial charge in [0.05, 0.1) is 6.54 Å². The smallest absolute Gasteiger partial charge is 0.246 e. The van der Waals surface area contributed by atoms with Crippen LogP contribution in [0, 0.1) is 18.2 Å². The minimum absolute atomic E-state index is 0.119. The molecule has 0 saturated carbocycles. The second-order valence-electron chi connectivity index (χ2n) is 3.16. The number of benzene rings is 1. The van der Waals surface area contributed by atoms with Gasteiger partial charge >= 0.3 is 0 Å². The molecule has 0 atom stereocenters. The van der Waals surface area contributed by atoms with Crippen LogP contribution >= 0.6 is 0 Å². The monoisotopic (exact) mass is 242 g/mol. The molecule has 0 heterocycles. The molecule has 4 nitrogen and oxygen atoms in total. The highest BCUT2D eigenvalue weighted by Gasteiger charge is 2.23. The van der Waals surface area contributed by atoms with Gasteiger partial charge in [0.25, 0.3) is 0 Å². The predicted octanol–water partition coefficient (Wildman–Crippen LogP) is 0.662. The molecule has 2 N–H and O–H groups in total. The molecule has 0 spiro atoms. The molecule has 16 heavy (non-hydrogen) atoms. The van der Waals surface area contributed by atoms with Crippen molar-refractivity contribution >= 4 is 15.7 Å². The molecule has 0 aliphatic carbocycles. The molecule has 1 aromatic carbocycles. The number of nitrogen functional groups attached to an aromatic ring is 1. The van der Waals surface area contributed by atoms with Crippen molar-refractivity contribution in [2.24, 2.45) is 0 Å². The van der Waals surface area contributed by atoms with Crippen molar-refractivity contribution in [2.75, 3.05) is 19.3 Å². The second kappa shape index (κ2) is 4.51. The van der Waals surface area contributed by atoms with E-state index in [0.717, 1.165) is 16.4 Å². The summed E-state index contributed by atoms with van der Waals surface area (Å²) in [5.74, 6) is 1.29. The van der Waals surface area contributed by atoms with E-state index in [2.05, 4.69) is 5.92 Å². The average molecular weight is 242 g/mol. The Morgan fingerprint density at radius 3 is 2.69 bits per heavy atom. The molecular formula is C10H11FN2O2S. The van der Waals surface area contributed by atoms with Gasteiger partial charge in [0.15, 0.2) is 0 Å². The number of nitrogens with zero attached hydrogens (tertiary/aromatic N) is 1. The number of nitrogens with two attached hydrogens (primary N) is 1. The van der Waals surface area contributed by atoms with Crippen LogP contribution in [0.4, 0.5) is 10.1 Å². The summed E-state index contributed by atoms with van der Waals surface area (Å²) in [7, 11) is -2.61. The predicted molar refractivity (Wildman–Crippen MR) is 59.5 cm³/mol. The van der Waals surface area contributed by atoms with Crippen molar-refractivity contribution in [2.45, 2.75) is 4.90 Å². The lowest BCUT2D eigenvalue weighted by Gasteiger charge is -2.14. The molecule has 0 radical (unpaired) electrons. The van der Waals surface area contributed by atoms with E-state index in [0.29, 0.717) is 0 Å². The number of anilines is 1. The Hall–Kier alpha value is -1.58. The summed E-state index contributed by atoms with van der Waals surface area (Å²) in [5, 5.41) is 0. The van der Waals surface area contributed by atoms with Gasteiger partial charge in [0.2, 0.25) is 10.0 Å². The summed E-state index contributed by atoms with van der Waals surface area (Å²) in [6.45, 7) is -0.119. The fraction of sp³-hybridized carbons (Fsp3) is 0.200. The molecule has 1 rings (SSSR count). The maximum Gasteiger partial charge on any atom is 0.246 e. The molecule has 0 saturated heterocycles. The SMILES string of the molecule is C#CCN(C)S(=O)(=O)c1ccc(N)cc1F. The topological polar surface area (TPSA) is 63.4 Å². The van der Waals surface area contributed by atoms with Crippen molar-refractivity contribution in [1.29, 1.82) is 0 Å². The molecule has 0 aromatic heterocycles. The minimum atomic E-state index is -3.89. The maximum atomic E-state index is 13.4.